The minimum atomic E-state index is -0.552. The predicted octanol–water partition coefficient (Wildman–Crippen LogP) is 2.47. The normalized spacial score (nSPS) is 12.0. The molecule has 0 saturated heterocycles. The highest BCUT2D eigenvalue weighted by molar-refractivity contribution is 5.94. The van der Waals surface area contributed by atoms with Crippen LogP contribution in [0.4, 0.5) is 4.39 Å². The number of aliphatic hydroxyl groups excluding tert-OH is 1. The molecule has 0 aromatic heterocycles. The van der Waals surface area contributed by atoms with E-state index in [9.17, 15) is 14.3 Å². The van der Waals surface area contributed by atoms with Crippen LogP contribution in [0.25, 0.3) is 0 Å². The van der Waals surface area contributed by atoms with Crippen molar-refractivity contribution in [2.24, 2.45) is 0 Å². The van der Waals surface area contributed by atoms with Crippen molar-refractivity contribution in [2.75, 3.05) is 6.61 Å². The Morgan fingerprint density at radius 1 is 1.24 bits per heavy atom. The number of carbonyl (C=O) groups excluding carboxylic acids is 1. The average molecular weight is 287 g/mol. The van der Waals surface area contributed by atoms with Crippen molar-refractivity contribution in [3.63, 3.8) is 0 Å². The minimum Gasteiger partial charge on any atom is -0.394 e. The Labute approximate surface area is 123 Å². The van der Waals surface area contributed by atoms with Gasteiger partial charge in [0.1, 0.15) is 5.82 Å². The van der Waals surface area contributed by atoms with Crippen LogP contribution in [0.5, 0.6) is 0 Å². The third kappa shape index (κ3) is 4.13. The maximum Gasteiger partial charge on any atom is 0.254 e. The number of hydrogen-bond acceptors (Lipinski definition) is 2. The maximum atomic E-state index is 13.8. The zero-order valence-corrected chi connectivity index (χ0v) is 11.8. The van der Waals surface area contributed by atoms with Crippen molar-refractivity contribution in [2.45, 2.75) is 19.4 Å². The summed E-state index contributed by atoms with van der Waals surface area (Å²) in [4.78, 5) is 12.1. The van der Waals surface area contributed by atoms with Crippen LogP contribution in [-0.4, -0.2) is 23.7 Å². The first-order chi connectivity index (χ1) is 10.1. The lowest BCUT2D eigenvalue weighted by molar-refractivity contribution is 0.0912. The molecule has 1 amide bonds. The van der Waals surface area contributed by atoms with E-state index in [1.165, 1.54) is 12.1 Å². The Hall–Kier alpha value is -2.20. The summed E-state index contributed by atoms with van der Waals surface area (Å²) in [6.45, 7) is 1.56. The summed E-state index contributed by atoms with van der Waals surface area (Å²) in [7, 11) is 0. The van der Waals surface area contributed by atoms with Gasteiger partial charge in [-0.25, -0.2) is 4.39 Å². The minimum absolute atomic E-state index is 0.00730. The number of halogens is 1. The molecule has 0 bridgehead atoms. The molecule has 0 unspecified atom stereocenters. The fourth-order valence-electron chi connectivity index (χ4n) is 2.13. The first kappa shape index (κ1) is 15.2. The largest absolute Gasteiger partial charge is 0.394 e. The zero-order chi connectivity index (χ0) is 15.2. The van der Waals surface area contributed by atoms with Gasteiger partial charge in [0.25, 0.3) is 5.91 Å². The Bertz CT molecular complexity index is 613. The quantitative estimate of drug-likeness (QED) is 0.887. The highest BCUT2D eigenvalue weighted by Gasteiger charge is 2.16. The zero-order valence-electron chi connectivity index (χ0n) is 11.8. The van der Waals surface area contributed by atoms with Gasteiger partial charge in [-0.3, -0.25) is 4.79 Å². The van der Waals surface area contributed by atoms with Crippen molar-refractivity contribution in [1.82, 2.24) is 5.32 Å². The molecule has 0 fully saturated rings. The van der Waals surface area contributed by atoms with Crippen LogP contribution in [0.1, 0.15) is 21.5 Å². The summed E-state index contributed by atoms with van der Waals surface area (Å²) in [5.74, 6) is -1.06. The van der Waals surface area contributed by atoms with Crippen molar-refractivity contribution in [3.8, 4) is 0 Å². The Kier molecular flexibility index (Phi) is 5.06. The van der Waals surface area contributed by atoms with E-state index in [1.54, 1.807) is 13.0 Å². The van der Waals surface area contributed by atoms with Crippen LogP contribution in [-0.2, 0) is 6.42 Å². The van der Waals surface area contributed by atoms with Gasteiger partial charge in [-0.1, -0.05) is 36.4 Å². The van der Waals surface area contributed by atoms with Crippen LogP contribution < -0.4 is 5.32 Å². The SMILES string of the molecule is Cc1ccc(C(=O)N[C@@H](CO)Cc2ccccc2)c(F)c1. The lowest BCUT2D eigenvalue weighted by atomic mass is 10.1. The molecule has 0 aliphatic rings. The number of aliphatic hydroxyl groups is 1. The third-order valence-corrected chi connectivity index (χ3v) is 3.25. The number of benzene rings is 2. The van der Waals surface area contributed by atoms with Crippen LogP contribution in [0.15, 0.2) is 48.5 Å². The van der Waals surface area contributed by atoms with Gasteiger partial charge in [0.15, 0.2) is 0 Å². The highest BCUT2D eigenvalue weighted by atomic mass is 19.1. The van der Waals surface area contributed by atoms with Gasteiger partial charge < -0.3 is 10.4 Å². The lowest BCUT2D eigenvalue weighted by Crippen LogP contribution is -2.39. The molecule has 0 radical (unpaired) electrons. The van der Waals surface area contributed by atoms with E-state index < -0.39 is 17.8 Å². The molecular formula is C17H18FNO2. The van der Waals surface area contributed by atoms with Crippen LogP contribution in [0, 0.1) is 12.7 Å². The topological polar surface area (TPSA) is 49.3 Å². The number of aryl methyl sites for hydroxylation is 1. The Morgan fingerprint density at radius 3 is 2.57 bits per heavy atom. The number of rotatable bonds is 5. The van der Waals surface area contributed by atoms with Crippen LogP contribution in [0.3, 0.4) is 0 Å². The van der Waals surface area contributed by atoms with Gasteiger partial charge in [-0.05, 0) is 36.6 Å². The maximum absolute atomic E-state index is 13.8. The molecule has 2 rings (SSSR count). The van der Waals surface area contributed by atoms with Gasteiger partial charge in [0.05, 0.1) is 18.2 Å². The molecule has 2 N–H and O–H groups in total. The van der Waals surface area contributed by atoms with E-state index in [-0.39, 0.29) is 12.2 Å². The monoisotopic (exact) mass is 287 g/mol. The summed E-state index contributed by atoms with van der Waals surface area (Å²) in [6, 6.07) is 13.5. The standard InChI is InChI=1S/C17H18FNO2/c1-12-7-8-15(16(18)9-12)17(21)19-14(11-20)10-13-5-3-2-4-6-13/h2-9,14,20H,10-11H2,1H3,(H,19,21)/t14-/m1/s1. The number of amides is 1. The van der Waals surface area contributed by atoms with Gasteiger partial charge in [-0.15, -0.1) is 0 Å². The van der Waals surface area contributed by atoms with E-state index in [0.717, 1.165) is 11.1 Å². The number of hydrogen-bond donors (Lipinski definition) is 2. The predicted molar refractivity (Wildman–Crippen MR) is 79.6 cm³/mol. The van der Waals surface area contributed by atoms with Crippen molar-refractivity contribution < 1.29 is 14.3 Å². The van der Waals surface area contributed by atoms with Crippen molar-refractivity contribution in [3.05, 3.63) is 71.0 Å². The summed E-state index contributed by atoms with van der Waals surface area (Å²) in [6.07, 6.45) is 0.497. The van der Waals surface area contributed by atoms with Crippen LogP contribution in [0.2, 0.25) is 0 Å². The number of nitrogens with one attached hydrogen (secondary N) is 1. The molecule has 21 heavy (non-hydrogen) atoms. The van der Waals surface area contributed by atoms with E-state index in [1.807, 2.05) is 30.3 Å². The average Bonchev–Trinajstić information content (AvgIpc) is 2.47. The van der Waals surface area contributed by atoms with Gasteiger partial charge >= 0.3 is 0 Å². The summed E-state index contributed by atoms with van der Waals surface area (Å²) >= 11 is 0. The number of carbonyl (C=O) groups is 1. The fourth-order valence-corrected chi connectivity index (χ4v) is 2.13. The molecule has 1 atom stereocenters. The van der Waals surface area contributed by atoms with E-state index >= 15 is 0 Å². The molecule has 0 spiro atoms. The molecule has 3 nitrogen and oxygen atoms in total. The van der Waals surface area contributed by atoms with E-state index in [2.05, 4.69) is 5.32 Å². The second kappa shape index (κ2) is 6.99. The van der Waals surface area contributed by atoms with Crippen molar-refractivity contribution in [1.29, 1.82) is 0 Å². The van der Waals surface area contributed by atoms with Gasteiger partial charge in [-0.2, -0.15) is 0 Å². The molecule has 0 aliphatic carbocycles. The first-order valence-electron chi connectivity index (χ1n) is 6.82. The van der Waals surface area contributed by atoms with E-state index in [4.69, 9.17) is 0 Å². The molecule has 2 aromatic rings. The molecule has 0 aliphatic heterocycles. The first-order valence-corrected chi connectivity index (χ1v) is 6.82. The van der Waals surface area contributed by atoms with E-state index in [0.29, 0.717) is 6.42 Å². The van der Waals surface area contributed by atoms with Crippen LogP contribution >= 0.6 is 0 Å². The second-order valence-corrected chi connectivity index (χ2v) is 5.03. The second-order valence-electron chi connectivity index (χ2n) is 5.03. The molecule has 4 heteroatoms. The summed E-state index contributed by atoms with van der Waals surface area (Å²) in [5, 5.41) is 12.1. The highest BCUT2D eigenvalue weighted by Crippen LogP contribution is 2.11. The molecular weight excluding hydrogens is 269 g/mol. The lowest BCUT2D eigenvalue weighted by Gasteiger charge is -2.16. The fraction of sp³-hybridized carbons (Fsp3) is 0.235. The Balaban J connectivity index is 2.06. The van der Waals surface area contributed by atoms with Crippen molar-refractivity contribution >= 4 is 5.91 Å². The summed E-state index contributed by atoms with van der Waals surface area (Å²) in [5.41, 5.74) is 1.75. The molecule has 110 valence electrons. The smallest absolute Gasteiger partial charge is 0.254 e. The molecule has 0 saturated carbocycles. The summed E-state index contributed by atoms with van der Waals surface area (Å²) < 4.78 is 13.8. The molecule has 2 aromatic carbocycles. The van der Waals surface area contributed by atoms with Gasteiger partial charge in [0.2, 0.25) is 0 Å². The van der Waals surface area contributed by atoms with Gasteiger partial charge in [0, 0.05) is 0 Å². The molecule has 0 heterocycles. The Morgan fingerprint density at radius 2 is 1.95 bits per heavy atom. The third-order valence-electron chi connectivity index (χ3n) is 3.25.